The Hall–Kier alpha value is -1.64. The van der Waals surface area contributed by atoms with Crippen molar-refractivity contribution in [2.24, 2.45) is 0 Å². The van der Waals surface area contributed by atoms with Gasteiger partial charge >= 0.3 is 6.09 Å². The van der Waals surface area contributed by atoms with E-state index in [2.05, 4.69) is 22.6 Å². The Morgan fingerprint density at radius 3 is 2.44 bits per heavy atom. The third kappa shape index (κ3) is 3.83. The second kappa shape index (κ2) is 7.07. The molecule has 0 N–H and O–H groups in total. The quantitative estimate of drug-likeness (QED) is 0.529. The summed E-state index contributed by atoms with van der Waals surface area (Å²) < 4.78 is 22.3. The predicted octanol–water partition coefficient (Wildman–Crippen LogP) is 5.09. The van der Waals surface area contributed by atoms with E-state index in [1.807, 2.05) is 32.4 Å². The average Bonchev–Trinajstić information content (AvgIpc) is 2.88. The van der Waals surface area contributed by atoms with Crippen LogP contribution in [0.4, 0.5) is 9.18 Å². The van der Waals surface area contributed by atoms with Crippen LogP contribution in [-0.4, -0.2) is 32.9 Å². The highest BCUT2D eigenvalue weighted by Crippen LogP contribution is 2.35. The first kappa shape index (κ1) is 20.1. The Labute approximate surface area is 173 Å². The molecule has 1 aromatic carbocycles. The van der Waals surface area contributed by atoms with Crippen LogP contribution in [0.1, 0.15) is 56.1 Å². The molecule has 27 heavy (non-hydrogen) atoms. The van der Waals surface area contributed by atoms with E-state index in [0.29, 0.717) is 24.1 Å². The summed E-state index contributed by atoms with van der Waals surface area (Å²) >= 11 is 2.26. The summed E-state index contributed by atoms with van der Waals surface area (Å²) in [6.45, 7) is 11.7. The summed E-state index contributed by atoms with van der Waals surface area (Å²) in [5.41, 5.74) is 3.51. The number of rotatable bonds is 1. The van der Waals surface area contributed by atoms with Gasteiger partial charge in [0.2, 0.25) is 0 Å². The third-order valence-corrected chi connectivity index (χ3v) is 5.75. The zero-order valence-corrected chi connectivity index (χ0v) is 18.7. The number of carbonyl (C=O) groups excluding carboxylic acids is 1. The lowest BCUT2D eigenvalue weighted by Gasteiger charge is -2.34. The van der Waals surface area contributed by atoms with Crippen LogP contribution in [0.15, 0.2) is 12.1 Å². The van der Waals surface area contributed by atoms with Crippen molar-refractivity contribution in [3.63, 3.8) is 0 Å². The van der Waals surface area contributed by atoms with E-state index >= 15 is 0 Å². The minimum absolute atomic E-state index is 0.133. The number of nitrogens with zero attached hydrogens (tertiary/aromatic N) is 3. The van der Waals surface area contributed by atoms with Gasteiger partial charge in [0.05, 0.1) is 17.4 Å². The molecule has 7 heteroatoms. The summed E-state index contributed by atoms with van der Waals surface area (Å²) in [5.74, 6) is -0.185. The molecule has 0 unspecified atom stereocenters. The molecule has 2 aromatic rings. The number of fused-ring (bicyclic) bond motifs is 1. The fourth-order valence-corrected chi connectivity index (χ4v) is 4.56. The molecule has 0 saturated heterocycles. The van der Waals surface area contributed by atoms with Gasteiger partial charge in [0, 0.05) is 18.5 Å². The zero-order chi connectivity index (χ0) is 20.1. The van der Waals surface area contributed by atoms with Crippen molar-refractivity contribution in [1.29, 1.82) is 0 Å². The van der Waals surface area contributed by atoms with Crippen molar-refractivity contribution in [2.45, 2.75) is 59.6 Å². The monoisotopic (exact) mass is 485 g/mol. The lowest BCUT2D eigenvalue weighted by Crippen LogP contribution is -2.42. The van der Waals surface area contributed by atoms with Crippen LogP contribution in [0.25, 0.3) is 5.69 Å². The molecule has 1 aliphatic heterocycles. The van der Waals surface area contributed by atoms with Gasteiger partial charge in [-0.3, -0.25) is 0 Å². The Morgan fingerprint density at radius 1 is 1.30 bits per heavy atom. The minimum atomic E-state index is -0.530. The second-order valence-electron chi connectivity index (χ2n) is 8.06. The van der Waals surface area contributed by atoms with Gasteiger partial charge in [0.15, 0.2) is 0 Å². The van der Waals surface area contributed by atoms with E-state index in [4.69, 9.17) is 9.84 Å². The van der Waals surface area contributed by atoms with Crippen LogP contribution in [0.3, 0.4) is 0 Å². The molecule has 1 aliphatic rings. The molecular weight excluding hydrogens is 460 g/mol. The molecular formula is C20H25FIN3O2. The van der Waals surface area contributed by atoms with Crippen LogP contribution in [0, 0.1) is 23.4 Å². The summed E-state index contributed by atoms with van der Waals surface area (Å²) in [7, 11) is 0. The number of benzene rings is 1. The van der Waals surface area contributed by atoms with Gasteiger partial charge in [-0.1, -0.05) is 0 Å². The number of hydrogen-bond acceptors (Lipinski definition) is 3. The van der Waals surface area contributed by atoms with Crippen LogP contribution in [0.2, 0.25) is 0 Å². The van der Waals surface area contributed by atoms with Crippen molar-refractivity contribution in [3.8, 4) is 5.69 Å². The molecule has 5 nitrogen and oxygen atoms in total. The molecule has 0 saturated carbocycles. The van der Waals surface area contributed by atoms with Crippen LogP contribution >= 0.6 is 22.6 Å². The Balaban J connectivity index is 1.98. The molecule has 2 heterocycles. The lowest BCUT2D eigenvalue weighted by molar-refractivity contribution is 0.0158. The fourth-order valence-electron chi connectivity index (χ4n) is 3.41. The third-order valence-electron chi connectivity index (χ3n) is 4.71. The molecule has 0 spiro atoms. The second-order valence-corrected chi connectivity index (χ2v) is 9.08. The van der Waals surface area contributed by atoms with Gasteiger partial charge in [0.25, 0.3) is 0 Å². The maximum Gasteiger partial charge on any atom is 0.410 e. The topological polar surface area (TPSA) is 47.4 Å². The summed E-state index contributed by atoms with van der Waals surface area (Å²) in [4.78, 5) is 14.3. The van der Waals surface area contributed by atoms with Crippen molar-refractivity contribution in [1.82, 2.24) is 14.7 Å². The molecule has 0 bridgehead atoms. The van der Waals surface area contributed by atoms with Crippen molar-refractivity contribution < 1.29 is 13.9 Å². The molecule has 3 rings (SSSR count). The lowest BCUT2D eigenvalue weighted by atomic mass is 10.0. The standard InChI is InChI=1S/C20H25FIN3O2/c1-11-9-14(10-12(2)17(11)21)25-18(22)16-13(3)24(8-7-15(16)23-25)19(26)27-20(4,5)6/h9-10,13H,7-8H2,1-6H3/t13-/m0/s1. The van der Waals surface area contributed by atoms with E-state index in [1.54, 1.807) is 30.9 Å². The van der Waals surface area contributed by atoms with Gasteiger partial charge in [-0.05, 0) is 87.4 Å². The molecule has 0 fully saturated rings. The van der Waals surface area contributed by atoms with Crippen LogP contribution < -0.4 is 0 Å². The van der Waals surface area contributed by atoms with Crippen LogP contribution in [0.5, 0.6) is 0 Å². The van der Waals surface area contributed by atoms with Crippen molar-refractivity contribution in [3.05, 3.63) is 44.0 Å². The first-order valence-corrected chi connectivity index (χ1v) is 10.1. The van der Waals surface area contributed by atoms with Gasteiger partial charge in [-0.25, -0.2) is 13.9 Å². The number of carbonyl (C=O) groups is 1. The highest BCUT2D eigenvalue weighted by Gasteiger charge is 2.35. The Morgan fingerprint density at radius 2 is 1.89 bits per heavy atom. The average molecular weight is 485 g/mol. The Kier molecular flexibility index (Phi) is 5.26. The van der Waals surface area contributed by atoms with Gasteiger partial charge in [-0.2, -0.15) is 5.10 Å². The minimum Gasteiger partial charge on any atom is -0.444 e. The summed E-state index contributed by atoms with van der Waals surface area (Å²) in [6, 6.07) is 3.48. The van der Waals surface area contributed by atoms with Gasteiger partial charge in [0.1, 0.15) is 15.1 Å². The smallest absolute Gasteiger partial charge is 0.410 e. The van der Waals surface area contributed by atoms with Crippen molar-refractivity contribution in [2.75, 3.05) is 6.54 Å². The first-order chi connectivity index (χ1) is 12.5. The highest BCUT2D eigenvalue weighted by atomic mass is 127. The number of halogens is 2. The zero-order valence-electron chi connectivity index (χ0n) is 16.6. The van der Waals surface area contributed by atoms with Gasteiger partial charge in [-0.15, -0.1) is 0 Å². The molecule has 146 valence electrons. The van der Waals surface area contributed by atoms with Crippen LogP contribution in [-0.2, 0) is 11.2 Å². The number of ether oxygens (including phenoxy) is 1. The number of aryl methyl sites for hydroxylation is 2. The number of amides is 1. The largest absolute Gasteiger partial charge is 0.444 e. The molecule has 0 aliphatic carbocycles. The van der Waals surface area contributed by atoms with E-state index < -0.39 is 5.60 Å². The fraction of sp³-hybridized carbons (Fsp3) is 0.500. The number of hydrogen-bond donors (Lipinski definition) is 0. The predicted molar refractivity (Wildman–Crippen MR) is 111 cm³/mol. The molecule has 1 atom stereocenters. The van der Waals surface area contributed by atoms with Gasteiger partial charge < -0.3 is 9.64 Å². The van der Waals surface area contributed by atoms with Crippen molar-refractivity contribution >= 4 is 28.7 Å². The summed E-state index contributed by atoms with van der Waals surface area (Å²) in [6.07, 6.45) is 0.360. The van der Waals surface area contributed by atoms with E-state index in [-0.39, 0.29) is 18.0 Å². The molecule has 1 amide bonds. The van der Waals surface area contributed by atoms with E-state index in [9.17, 15) is 9.18 Å². The first-order valence-electron chi connectivity index (χ1n) is 9.03. The molecule has 1 aromatic heterocycles. The normalized spacial score (nSPS) is 17.0. The Bertz CT molecular complexity index is 878. The van der Waals surface area contributed by atoms with E-state index in [0.717, 1.165) is 20.6 Å². The maximum atomic E-state index is 14.0. The number of aromatic nitrogens is 2. The highest BCUT2D eigenvalue weighted by molar-refractivity contribution is 14.1. The molecule has 0 radical (unpaired) electrons. The maximum absolute atomic E-state index is 14.0. The summed E-state index contributed by atoms with van der Waals surface area (Å²) in [5, 5.41) is 4.76. The SMILES string of the molecule is Cc1cc(-n2nc3c(c2I)[C@H](C)N(C(=O)OC(C)(C)C)CC3)cc(C)c1F. The van der Waals surface area contributed by atoms with E-state index in [1.165, 1.54) is 0 Å².